The number of nitrogens with zero attached hydrogens (tertiary/aromatic N) is 8. The molecule has 2 aliphatic heterocycles. The van der Waals surface area contributed by atoms with E-state index in [0.717, 1.165) is 19.2 Å². The third kappa shape index (κ3) is 7.71. The Morgan fingerprint density at radius 1 is 0.638 bits per heavy atom. The molecule has 18 nitrogen and oxygen atoms in total. The maximum atomic E-state index is 13.9. The van der Waals surface area contributed by atoms with Crippen LogP contribution in [-0.4, -0.2) is 159 Å². The van der Waals surface area contributed by atoms with Gasteiger partial charge in [0.15, 0.2) is 12.5 Å². The number of hydrogen-bond donors (Lipinski definition) is 6. The first-order valence-electron chi connectivity index (χ1n) is 18.1. The van der Waals surface area contributed by atoms with Gasteiger partial charge in [0.1, 0.15) is 71.7 Å². The van der Waals surface area contributed by atoms with Crippen LogP contribution in [0.4, 0.5) is 8.78 Å². The van der Waals surface area contributed by atoms with E-state index in [9.17, 15) is 49.0 Å². The van der Waals surface area contributed by atoms with Crippen LogP contribution in [0.2, 0.25) is 0 Å². The van der Waals surface area contributed by atoms with Gasteiger partial charge in [0, 0.05) is 36.3 Å². The van der Waals surface area contributed by atoms with Gasteiger partial charge in [-0.2, -0.15) is 0 Å². The number of amides is 2. The number of rotatable bonds is 10. The monoisotopic (exact) mass is 806 g/mol. The Kier molecular flexibility index (Phi) is 11.7. The predicted octanol–water partition coefficient (Wildman–Crippen LogP) is -0.0136. The molecule has 4 unspecified atom stereocenters. The molecule has 10 atom stereocenters. The second kappa shape index (κ2) is 16.7. The van der Waals surface area contributed by atoms with Crippen LogP contribution in [0.25, 0.3) is 22.5 Å². The highest BCUT2D eigenvalue weighted by atomic mass is 19.1. The van der Waals surface area contributed by atoms with E-state index >= 15 is 0 Å². The first-order valence-corrected chi connectivity index (χ1v) is 18.1. The standard InChI is InChI=1S/C38H40F2N8O10/c1-45(37-33(53)29(31(51)27(17-49)57-37)47-15-25(41-43-47)21-5-3-7-23(39)13-21)35(55)19-9-11-20(12-10-19)36(56)46(2)38-34(54)30(32(52)28(18-50)58-38)48-16-26(42-44-48)22-6-4-8-24(40)14-22/h3-16,27-34,37-38,49-54H,17-18H2,1-2H3/t27?,28?,29-,30?,31-,32-,33?,34+,37+,38+/m0/s1. The molecule has 58 heavy (non-hydrogen) atoms. The summed E-state index contributed by atoms with van der Waals surface area (Å²) in [5.41, 5.74) is 1.40. The van der Waals surface area contributed by atoms with Crippen LogP contribution >= 0.6 is 0 Å². The lowest BCUT2D eigenvalue weighted by Gasteiger charge is -2.45. The zero-order valence-electron chi connectivity index (χ0n) is 30.9. The molecule has 0 aliphatic carbocycles. The van der Waals surface area contributed by atoms with Gasteiger partial charge in [0.2, 0.25) is 0 Å². The summed E-state index contributed by atoms with van der Waals surface area (Å²) in [5.74, 6) is -2.34. The number of halogens is 2. The lowest BCUT2D eigenvalue weighted by Crippen LogP contribution is -2.61. The van der Waals surface area contributed by atoms with Crippen LogP contribution in [-0.2, 0) is 9.47 Å². The van der Waals surface area contributed by atoms with Crippen molar-refractivity contribution in [1.29, 1.82) is 0 Å². The Morgan fingerprint density at radius 3 is 1.36 bits per heavy atom. The molecule has 306 valence electrons. The Morgan fingerprint density at radius 2 is 1.02 bits per heavy atom. The van der Waals surface area contributed by atoms with Gasteiger partial charge in [0.05, 0.1) is 25.6 Å². The van der Waals surface area contributed by atoms with Crippen molar-refractivity contribution in [2.75, 3.05) is 27.3 Å². The molecule has 7 rings (SSSR count). The molecule has 2 amide bonds. The van der Waals surface area contributed by atoms with Gasteiger partial charge in [-0.15, -0.1) is 10.2 Å². The average molecular weight is 807 g/mol. The molecule has 0 spiro atoms. The molecular weight excluding hydrogens is 766 g/mol. The van der Waals surface area contributed by atoms with Crippen molar-refractivity contribution in [2.24, 2.45) is 0 Å². The van der Waals surface area contributed by atoms with Gasteiger partial charge in [-0.05, 0) is 48.5 Å². The van der Waals surface area contributed by atoms with Crippen LogP contribution < -0.4 is 0 Å². The van der Waals surface area contributed by atoms with Gasteiger partial charge in [-0.1, -0.05) is 34.7 Å². The summed E-state index contributed by atoms with van der Waals surface area (Å²) in [4.78, 5) is 29.6. The Balaban J connectivity index is 1.06. The number of benzene rings is 3. The normalized spacial score (nSPS) is 27.3. The second-order valence-electron chi connectivity index (χ2n) is 14.0. The first kappa shape index (κ1) is 40.6. The van der Waals surface area contributed by atoms with E-state index in [4.69, 9.17) is 9.47 Å². The van der Waals surface area contributed by atoms with Crippen molar-refractivity contribution in [3.8, 4) is 22.5 Å². The van der Waals surface area contributed by atoms with Crippen LogP contribution in [0.1, 0.15) is 32.8 Å². The summed E-state index contributed by atoms with van der Waals surface area (Å²) >= 11 is 0. The topological polar surface area (TPSA) is 242 Å². The molecule has 2 saturated heterocycles. The molecule has 5 aromatic rings. The number of ether oxygens (including phenoxy) is 2. The fraction of sp³-hybridized carbons (Fsp3) is 0.368. The summed E-state index contributed by atoms with van der Waals surface area (Å²) in [6, 6.07) is 14.1. The van der Waals surface area contributed by atoms with Crippen molar-refractivity contribution >= 4 is 11.8 Å². The largest absolute Gasteiger partial charge is 0.394 e. The van der Waals surface area contributed by atoms with Crippen LogP contribution in [0.3, 0.4) is 0 Å². The number of hydrogen-bond acceptors (Lipinski definition) is 14. The lowest BCUT2D eigenvalue weighted by atomic mass is 9.94. The zero-order chi connectivity index (χ0) is 41.4. The van der Waals surface area contributed by atoms with Gasteiger partial charge in [-0.3, -0.25) is 9.59 Å². The van der Waals surface area contributed by atoms with Crippen LogP contribution in [0, 0.1) is 11.6 Å². The molecule has 6 N–H and O–H groups in total. The molecule has 2 aliphatic rings. The molecule has 3 aromatic carbocycles. The summed E-state index contributed by atoms with van der Waals surface area (Å²) in [6.45, 7) is -1.35. The lowest BCUT2D eigenvalue weighted by molar-refractivity contribution is -0.235. The minimum atomic E-state index is -1.60. The van der Waals surface area contributed by atoms with Crippen molar-refractivity contribution in [3.05, 3.63) is 108 Å². The molecule has 0 saturated carbocycles. The highest BCUT2D eigenvalue weighted by molar-refractivity contribution is 5.98. The number of carbonyl (C=O) groups is 2. The van der Waals surface area contributed by atoms with Crippen molar-refractivity contribution in [2.45, 2.75) is 61.2 Å². The minimum absolute atomic E-state index is 0.0626. The number of aromatic nitrogens is 6. The SMILES string of the molecule is CN(C(=O)c1ccc(C(=O)N(C)[C@@H]2OC(CO)[C@H](O)C(n3cc(-c4cccc(F)c4)nn3)[C@H]2O)cc1)[C@@H]1OC(CO)[C@H](O)[C@H](n2cc(-c3cccc(F)c3)nn2)C1O. The fourth-order valence-corrected chi connectivity index (χ4v) is 7.23. The Hall–Kier alpha value is -5.58. The fourth-order valence-electron chi connectivity index (χ4n) is 7.23. The molecular formula is C38H40F2N8O10. The summed E-state index contributed by atoms with van der Waals surface area (Å²) in [6.07, 6.45) is -8.72. The van der Waals surface area contributed by atoms with E-state index in [0.29, 0.717) is 11.1 Å². The van der Waals surface area contributed by atoms with Crippen LogP contribution in [0.5, 0.6) is 0 Å². The molecule has 2 aromatic heterocycles. The average Bonchev–Trinajstić information content (AvgIpc) is 3.92. The summed E-state index contributed by atoms with van der Waals surface area (Å²) < 4.78 is 41.6. The Bertz CT molecular complexity index is 2090. The Labute approximate surface area is 328 Å². The van der Waals surface area contributed by atoms with E-state index in [1.54, 1.807) is 12.1 Å². The molecule has 0 bridgehead atoms. The van der Waals surface area contributed by atoms with E-state index in [1.165, 1.54) is 87.2 Å². The molecule has 20 heteroatoms. The number of aliphatic hydroxyl groups excluding tert-OH is 6. The third-order valence-corrected chi connectivity index (χ3v) is 10.4. The molecule has 0 radical (unpaired) electrons. The quantitative estimate of drug-likeness (QED) is 0.109. The molecule has 4 heterocycles. The van der Waals surface area contributed by atoms with E-state index in [2.05, 4.69) is 20.6 Å². The minimum Gasteiger partial charge on any atom is -0.394 e. The highest BCUT2D eigenvalue weighted by Gasteiger charge is 2.50. The van der Waals surface area contributed by atoms with Gasteiger partial charge in [0.25, 0.3) is 11.8 Å². The van der Waals surface area contributed by atoms with Crippen LogP contribution in [0.15, 0.2) is 85.2 Å². The van der Waals surface area contributed by atoms with Crippen molar-refractivity contribution in [1.82, 2.24) is 39.8 Å². The third-order valence-electron chi connectivity index (χ3n) is 10.4. The number of likely N-dealkylation sites (N-methyl/N-ethyl adjacent to an activating group) is 2. The number of aliphatic hydroxyl groups is 6. The molecule has 2 fully saturated rings. The van der Waals surface area contributed by atoms with Crippen molar-refractivity contribution in [3.63, 3.8) is 0 Å². The second-order valence-corrected chi connectivity index (χ2v) is 14.0. The number of carbonyl (C=O) groups excluding carboxylic acids is 2. The highest BCUT2D eigenvalue weighted by Crippen LogP contribution is 2.34. The van der Waals surface area contributed by atoms with Gasteiger partial charge in [-0.25, -0.2) is 18.1 Å². The maximum absolute atomic E-state index is 13.9. The van der Waals surface area contributed by atoms with E-state index in [-0.39, 0.29) is 22.5 Å². The summed E-state index contributed by atoms with van der Waals surface area (Å²) in [5, 5.41) is 81.1. The van der Waals surface area contributed by atoms with Gasteiger partial charge < -0.3 is 49.9 Å². The maximum Gasteiger partial charge on any atom is 0.255 e. The van der Waals surface area contributed by atoms with E-state index in [1.807, 2.05) is 0 Å². The first-order chi connectivity index (χ1) is 27.8. The zero-order valence-corrected chi connectivity index (χ0v) is 30.9. The van der Waals surface area contributed by atoms with E-state index < -0.39 is 97.8 Å². The van der Waals surface area contributed by atoms with Gasteiger partial charge >= 0.3 is 0 Å². The smallest absolute Gasteiger partial charge is 0.255 e. The van der Waals surface area contributed by atoms with Crippen molar-refractivity contribution < 1.29 is 58.5 Å². The summed E-state index contributed by atoms with van der Waals surface area (Å²) in [7, 11) is 2.68. The predicted molar refractivity (Wildman–Crippen MR) is 195 cm³/mol.